The maximum atomic E-state index is 13.0. The molecule has 2 aromatic carbocycles. The predicted octanol–water partition coefficient (Wildman–Crippen LogP) is 3.74. The van der Waals surface area contributed by atoms with Crippen molar-refractivity contribution in [3.05, 3.63) is 53.7 Å². The molecule has 0 saturated carbocycles. The molecule has 0 fully saturated rings. The third-order valence-corrected chi connectivity index (χ3v) is 5.06. The highest BCUT2D eigenvalue weighted by Gasteiger charge is 2.33. The molecule has 0 unspecified atom stereocenters. The van der Waals surface area contributed by atoms with Gasteiger partial charge in [0.05, 0.1) is 26.8 Å². The molecule has 9 heteroatoms. The molecule has 2 heterocycles. The zero-order chi connectivity index (χ0) is 21.3. The monoisotopic (exact) mass is 426 g/mol. The summed E-state index contributed by atoms with van der Waals surface area (Å²) >= 11 is 5.96. The molecule has 1 aliphatic rings. The largest absolute Gasteiger partial charge is 0.497 e. The molecule has 2 N–H and O–H groups in total. The number of benzene rings is 2. The van der Waals surface area contributed by atoms with Crippen LogP contribution in [0.25, 0.3) is 11.1 Å². The SMILES string of the molecule is COc1cc(NC(=O)[C@@H]2CC(=O)Nc3c(-c4ccc(Cl)cc4)cnn32)cc(OC)c1. The van der Waals surface area contributed by atoms with E-state index >= 15 is 0 Å². The van der Waals surface area contributed by atoms with Crippen molar-refractivity contribution in [2.45, 2.75) is 12.5 Å². The van der Waals surface area contributed by atoms with Gasteiger partial charge in [0.2, 0.25) is 11.8 Å². The number of anilines is 2. The zero-order valence-electron chi connectivity index (χ0n) is 16.3. The molecular formula is C21H19ClN4O4. The number of amides is 2. The molecule has 0 saturated heterocycles. The lowest BCUT2D eigenvalue weighted by Gasteiger charge is -2.24. The van der Waals surface area contributed by atoms with Crippen molar-refractivity contribution in [3.63, 3.8) is 0 Å². The Balaban J connectivity index is 1.64. The number of rotatable bonds is 5. The van der Waals surface area contributed by atoms with Crippen molar-refractivity contribution < 1.29 is 19.1 Å². The number of methoxy groups -OCH3 is 2. The van der Waals surface area contributed by atoms with Gasteiger partial charge in [0, 0.05) is 34.5 Å². The van der Waals surface area contributed by atoms with Crippen LogP contribution in [0.3, 0.4) is 0 Å². The smallest absolute Gasteiger partial charge is 0.249 e. The summed E-state index contributed by atoms with van der Waals surface area (Å²) < 4.78 is 12.0. The summed E-state index contributed by atoms with van der Waals surface area (Å²) in [6.07, 6.45) is 1.60. The van der Waals surface area contributed by atoms with E-state index in [1.54, 1.807) is 36.5 Å². The maximum absolute atomic E-state index is 13.0. The number of ether oxygens (including phenoxy) is 2. The van der Waals surface area contributed by atoms with Gasteiger partial charge in [-0.2, -0.15) is 5.10 Å². The first-order chi connectivity index (χ1) is 14.5. The first kappa shape index (κ1) is 19.8. The molecule has 3 aromatic rings. The van der Waals surface area contributed by atoms with Crippen LogP contribution in [-0.2, 0) is 9.59 Å². The Labute approximate surface area is 177 Å². The summed E-state index contributed by atoms with van der Waals surface area (Å²) in [6.45, 7) is 0. The van der Waals surface area contributed by atoms with Crippen LogP contribution < -0.4 is 20.1 Å². The van der Waals surface area contributed by atoms with Crippen molar-refractivity contribution in [1.82, 2.24) is 9.78 Å². The average Bonchev–Trinajstić information content (AvgIpc) is 3.16. The lowest BCUT2D eigenvalue weighted by Crippen LogP contribution is -2.35. The van der Waals surface area contributed by atoms with Crippen LogP contribution in [0.5, 0.6) is 11.5 Å². The van der Waals surface area contributed by atoms with Crippen LogP contribution >= 0.6 is 11.6 Å². The van der Waals surface area contributed by atoms with Gasteiger partial charge >= 0.3 is 0 Å². The lowest BCUT2D eigenvalue weighted by molar-refractivity contribution is -0.125. The fourth-order valence-electron chi connectivity index (χ4n) is 3.32. The highest BCUT2D eigenvalue weighted by atomic mass is 35.5. The third-order valence-electron chi connectivity index (χ3n) is 4.80. The van der Waals surface area contributed by atoms with Gasteiger partial charge in [-0.3, -0.25) is 9.59 Å². The molecule has 0 bridgehead atoms. The Bertz CT molecular complexity index is 1090. The second-order valence-electron chi connectivity index (χ2n) is 6.72. The van der Waals surface area contributed by atoms with E-state index in [-0.39, 0.29) is 18.2 Å². The number of halogens is 1. The molecule has 0 spiro atoms. The van der Waals surface area contributed by atoms with Crippen LogP contribution in [0.1, 0.15) is 12.5 Å². The highest BCUT2D eigenvalue weighted by molar-refractivity contribution is 6.30. The van der Waals surface area contributed by atoms with E-state index in [9.17, 15) is 9.59 Å². The van der Waals surface area contributed by atoms with Crippen molar-refractivity contribution in [2.75, 3.05) is 24.9 Å². The fourth-order valence-corrected chi connectivity index (χ4v) is 3.44. The van der Waals surface area contributed by atoms with E-state index in [1.807, 2.05) is 12.1 Å². The molecule has 0 aliphatic carbocycles. The number of fused-ring (bicyclic) bond motifs is 1. The highest BCUT2D eigenvalue weighted by Crippen LogP contribution is 2.35. The molecule has 1 atom stereocenters. The fraction of sp³-hybridized carbons (Fsp3) is 0.190. The topological polar surface area (TPSA) is 94.5 Å². The van der Waals surface area contributed by atoms with Gasteiger partial charge in [0.25, 0.3) is 0 Å². The van der Waals surface area contributed by atoms with E-state index in [0.717, 1.165) is 5.56 Å². The Morgan fingerprint density at radius 3 is 2.47 bits per heavy atom. The molecular weight excluding hydrogens is 408 g/mol. The van der Waals surface area contributed by atoms with E-state index < -0.39 is 6.04 Å². The second kappa shape index (κ2) is 8.08. The molecule has 30 heavy (non-hydrogen) atoms. The quantitative estimate of drug-likeness (QED) is 0.648. The van der Waals surface area contributed by atoms with Crippen LogP contribution in [0, 0.1) is 0 Å². The van der Waals surface area contributed by atoms with Crippen LogP contribution in [0.15, 0.2) is 48.7 Å². The van der Waals surface area contributed by atoms with Crippen molar-refractivity contribution in [2.24, 2.45) is 0 Å². The standard InChI is InChI=1S/C21H19ClN4O4/c1-29-15-7-14(8-16(9-15)30-2)24-21(28)18-10-19(27)25-20-17(11-23-26(18)20)12-3-5-13(22)6-4-12/h3-9,11,18H,10H2,1-2H3,(H,24,28)(H,25,27)/t18-/m0/s1. The Kier molecular flexibility index (Phi) is 5.33. The summed E-state index contributed by atoms with van der Waals surface area (Å²) in [5, 5.41) is 10.6. The summed E-state index contributed by atoms with van der Waals surface area (Å²) in [6, 6.07) is 11.4. The van der Waals surface area contributed by atoms with E-state index in [4.69, 9.17) is 21.1 Å². The summed E-state index contributed by atoms with van der Waals surface area (Å²) in [5.74, 6) is 0.914. The first-order valence-corrected chi connectivity index (χ1v) is 9.53. The third kappa shape index (κ3) is 3.81. The van der Waals surface area contributed by atoms with Gasteiger partial charge < -0.3 is 20.1 Å². The second-order valence-corrected chi connectivity index (χ2v) is 7.15. The molecule has 1 aliphatic heterocycles. The Morgan fingerprint density at radius 1 is 1.17 bits per heavy atom. The normalized spacial score (nSPS) is 15.2. The van der Waals surface area contributed by atoms with Crippen LogP contribution in [0.4, 0.5) is 11.5 Å². The zero-order valence-corrected chi connectivity index (χ0v) is 17.1. The van der Waals surface area contributed by atoms with Gasteiger partial charge in [-0.15, -0.1) is 0 Å². The molecule has 2 amide bonds. The van der Waals surface area contributed by atoms with Gasteiger partial charge in [-0.05, 0) is 17.7 Å². The number of nitrogens with one attached hydrogen (secondary N) is 2. The minimum absolute atomic E-state index is 0.0261. The summed E-state index contributed by atoms with van der Waals surface area (Å²) in [5.41, 5.74) is 2.04. The minimum Gasteiger partial charge on any atom is -0.497 e. The van der Waals surface area contributed by atoms with Gasteiger partial charge in [-0.1, -0.05) is 23.7 Å². The number of hydrogen-bond donors (Lipinski definition) is 2. The van der Waals surface area contributed by atoms with Gasteiger partial charge in [-0.25, -0.2) is 4.68 Å². The predicted molar refractivity (Wildman–Crippen MR) is 113 cm³/mol. The molecule has 154 valence electrons. The maximum Gasteiger partial charge on any atom is 0.249 e. The summed E-state index contributed by atoms with van der Waals surface area (Å²) in [4.78, 5) is 25.4. The van der Waals surface area contributed by atoms with E-state index in [2.05, 4.69) is 15.7 Å². The van der Waals surface area contributed by atoms with Crippen molar-refractivity contribution in [1.29, 1.82) is 0 Å². The number of carbonyl (C=O) groups excluding carboxylic acids is 2. The van der Waals surface area contributed by atoms with Crippen molar-refractivity contribution >= 4 is 34.9 Å². The van der Waals surface area contributed by atoms with Gasteiger partial charge in [0.1, 0.15) is 23.4 Å². The Hall–Kier alpha value is -3.52. The number of nitrogens with zero attached hydrogens (tertiary/aromatic N) is 2. The van der Waals surface area contributed by atoms with E-state index in [0.29, 0.717) is 33.6 Å². The number of aromatic nitrogens is 2. The molecule has 8 nitrogen and oxygen atoms in total. The number of carbonyl (C=O) groups is 2. The van der Waals surface area contributed by atoms with Crippen molar-refractivity contribution in [3.8, 4) is 22.6 Å². The summed E-state index contributed by atoms with van der Waals surface area (Å²) in [7, 11) is 3.06. The van der Waals surface area contributed by atoms with Crippen LogP contribution in [-0.4, -0.2) is 35.8 Å². The van der Waals surface area contributed by atoms with E-state index in [1.165, 1.54) is 18.9 Å². The number of hydrogen-bond acceptors (Lipinski definition) is 5. The first-order valence-electron chi connectivity index (χ1n) is 9.15. The lowest BCUT2D eigenvalue weighted by atomic mass is 10.1. The van der Waals surface area contributed by atoms with Crippen LogP contribution in [0.2, 0.25) is 5.02 Å². The minimum atomic E-state index is -0.799. The average molecular weight is 427 g/mol. The van der Waals surface area contributed by atoms with Gasteiger partial charge in [0.15, 0.2) is 0 Å². The molecule has 4 rings (SSSR count). The molecule has 1 aromatic heterocycles. The molecule has 0 radical (unpaired) electrons. The Morgan fingerprint density at radius 2 is 1.83 bits per heavy atom.